The average Bonchev–Trinajstić information content (AvgIpc) is 2.99. The zero-order chi connectivity index (χ0) is 15.6. The smallest absolute Gasteiger partial charge is 0.336 e. The molecule has 2 heterocycles. The summed E-state index contributed by atoms with van der Waals surface area (Å²) in [5, 5.41) is 3.92. The van der Waals surface area contributed by atoms with Crippen molar-refractivity contribution in [2.45, 2.75) is 30.2 Å². The van der Waals surface area contributed by atoms with E-state index in [4.69, 9.17) is 4.42 Å². The minimum absolute atomic E-state index is 0. The standard InChI is InChI=1S/C15H18N2O4S.ClH/c18-15-6-3-11-10-13(4-5-14(11)21-15)22(19,20)17-9-7-12-2-1-8-16-12;/h3-6,10,12,16-17H,1-2,7-9H2;1H/t12-;/m1./s1. The van der Waals surface area contributed by atoms with Crippen LogP contribution in [-0.2, 0) is 10.0 Å². The van der Waals surface area contributed by atoms with Crippen LogP contribution < -0.4 is 15.7 Å². The molecule has 2 N–H and O–H groups in total. The van der Waals surface area contributed by atoms with Crippen molar-refractivity contribution in [3.8, 4) is 0 Å². The molecule has 0 saturated carbocycles. The Hall–Kier alpha value is -1.41. The number of nitrogens with one attached hydrogen (secondary N) is 2. The normalized spacial score (nSPS) is 18.0. The Morgan fingerprint density at radius 1 is 1.26 bits per heavy atom. The Morgan fingerprint density at radius 2 is 2.09 bits per heavy atom. The molecule has 6 nitrogen and oxygen atoms in total. The van der Waals surface area contributed by atoms with E-state index in [1.54, 1.807) is 6.07 Å². The lowest BCUT2D eigenvalue weighted by Gasteiger charge is -2.11. The van der Waals surface area contributed by atoms with E-state index in [2.05, 4.69) is 10.0 Å². The van der Waals surface area contributed by atoms with E-state index < -0.39 is 15.6 Å². The monoisotopic (exact) mass is 358 g/mol. The van der Waals surface area contributed by atoms with Crippen LogP contribution in [0.2, 0.25) is 0 Å². The SMILES string of the molecule is Cl.O=c1ccc2cc(S(=O)(=O)NCC[C@H]3CCCN3)ccc2o1. The van der Waals surface area contributed by atoms with Crippen molar-refractivity contribution in [3.05, 3.63) is 40.8 Å². The van der Waals surface area contributed by atoms with Gasteiger partial charge >= 0.3 is 5.63 Å². The number of halogens is 1. The molecule has 1 aromatic heterocycles. The second-order valence-corrected chi connectivity index (χ2v) is 7.20. The summed E-state index contributed by atoms with van der Waals surface area (Å²) in [6, 6.07) is 7.69. The molecule has 1 aliphatic heterocycles. The molecular formula is C15H19ClN2O4S. The van der Waals surface area contributed by atoms with E-state index >= 15 is 0 Å². The second kappa shape index (κ2) is 7.44. The molecule has 1 atom stereocenters. The van der Waals surface area contributed by atoms with E-state index in [0.29, 0.717) is 23.6 Å². The molecule has 126 valence electrons. The first kappa shape index (κ1) is 17.9. The van der Waals surface area contributed by atoms with Crippen LogP contribution in [0.1, 0.15) is 19.3 Å². The molecule has 1 fully saturated rings. The van der Waals surface area contributed by atoms with Gasteiger partial charge < -0.3 is 9.73 Å². The van der Waals surface area contributed by atoms with Crippen LogP contribution in [0.3, 0.4) is 0 Å². The molecule has 1 aromatic carbocycles. The van der Waals surface area contributed by atoms with Crippen molar-refractivity contribution >= 4 is 33.4 Å². The molecule has 0 bridgehead atoms. The third kappa shape index (κ3) is 4.32. The number of fused-ring (bicyclic) bond motifs is 1. The fourth-order valence-electron chi connectivity index (χ4n) is 2.67. The molecule has 0 spiro atoms. The van der Waals surface area contributed by atoms with Crippen molar-refractivity contribution < 1.29 is 12.8 Å². The molecular weight excluding hydrogens is 340 g/mol. The lowest BCUT2D eigenvalue weighted by molar-refractivity contribution is 0.539. The maximum Gasteiger partial charge on any atom is 0.336 e. The van der Waals surface area contributed by atoms with Gasteiger partial charge in [-0.3, -0.25) is 0 Å². The molecule has 1 aliphatic rings. The fraction of sp³-hybridized carbons (Fsp3) is 0.400. The maximum atomic E-state index is 12.3. The van der Waals surface area contributed by atoms with Crippen molar-refractivity contribution in [2.75, 3.05) is 13.1 Å². The Balaban J connectivity index is 0.00000192. The highest BCUT2D eigenvalue weighted by Gasteiger charge is 2.17. The van der Waals surface area contributed by atoms with Crippen LogP contribution in [0.4, 0.5) is 0 Å². The van der Waals surface area contributed by atoms with Gasteiger partial charge in [-0.15, -0.1) is 12.4 Å². The van der Waals surface area contributed by atoms with Crippen LogP contribution in [0.5, 0.6) is 0 Å². The first-order chi connectivity index (χ1) is 10.5. The summed E-state index contributed by atoms with van der Waals surface area (Å²) in [5.74, 6) is 0. The second-order valence-electron chi connectivity index (χ2n) is 5.43. The Bertz CT molecular complexity index is 829. The minimum atomic E-state index is -3.55. The van der Waals surface area contributed by atoms with Crippen molar-refractivity contribution in [3.63, 3.8) is 0 Å². The summed E-state index contributed by atoms with van der Waals surface area (Å²) in [6.07, 6.45) is 3.02. The minimum Gasteiger partial charge on any atom is -0.423 e. The van der Waals surface area contributed by atoms with Crippen LogP contribution in [0.15, 0.2) is 44.4 Å². The van der Waals surface area contributed by atoms with E-state index in [1.165, 1.54) is 24.3 Å². The van der Waals surface area contributed by atoms with Gasteiger partial charge in [-0.1, -0.05) is 0 Å². The van der Waals surface area contributed by atoms with Crippen LogP contribution in [0.25, 0.3) is 11.0 Å². The Morgan fingerprint density at radius 3 is 2.83 bits per heavy atom. The average molecular weight is 359 g/mol. The van der Waals surface area contributed by atoms with E-state index in [9.17, 15) is 13.2 Å². The summed E-state index contributed by atoms with van der Waals surface area (Å²) in [4.78, 5) is 11.3. The molecule has 1 saturated heterocycles. The maximum absolute atomic E-state index is 12.3. The molecule has 3 rings (SSSR count). The van der Waals surface area contributed by atoms with Gasteiger partial charge in [-0.2, -0.15) is 0 Å². The zero-order valence-corrected chi connectivity index (χ0v) is 14.1. The van der Waals surface area contributed by atoms with Crippen molar-refractivity contribution in [1.29, 1.82) is 0 Å². The van der Waals surface area contributed by atoms with Gasteiger partial charge in [0.15, 0.2) is 0 Å². The number of sulfonamides is 1. The van der Waals surface area contributed by atoms with Crippen molar-refractivity contribution in [1.82, 2.24) is 10.0 Å². The number of hydrogen-bond acceptors (Lipinski definition) is 5. The van der Waals surface area contributed by atoms with Crippen LogP contribution >= 0.6 is 12.4 Å². The summed E-state index contributed by atoms with van der Waals surface area (Å²) in [6.45, 7) is 1.41. The zero-order valence-electron chi connectivity index (χ0n) is 12.4. The predicted molar refractivity (Wildman–Crippen MR) is 90.6 cm³/mol. The highest BCUT2D eigenvalue weighted by molar-refractivity contribution is 7.89. The van der Waals surface area contributed by atoms with Gasteiger partial charge in [0, 0.05) is 24.0 Å². The number of rotatable bonds is 5. The van der Waals surface area contributed by atoms with Gasteiger partial charge in [-0.25, -0.2) is 17.9 Å². The summed E-state index contributed by atoms with van der Waals surface area (Å²) < 4.78 is 32.2. The van der Waals surface area contributed by atoms with Gasteiger partial charge in [0.2, 0.25) is 10.0 Å². The third-order valence-electron chi connectivity index (χ3n) is 3.85. The Labute approximate surface area is 140 Å². The number of hydrogen-bond donors (Lipinski definition) is 2. The first-order valence-corrected chi connectivity index (χ1v) is 8.80. The molecule has 0 unspecified atom stereocenters. The predicted octanol–water partition coefficient (Wildman–Crippen LogP) is 1.64. The van der Waals surface area contributed by atoms with Gasteiger partial charge in [0.05, 0.1) is 4.90 Å². The number of benzene rings is 1. The molecule has 8 heteroatoms. The summed E-state index contributed by atoms with van der Waals surface area (Å²) in [5.41, 5.74) is -0.0769. The van der Waals surface area contributed by atoms with Gasteiger partial charge in [0.25, 0.3) is 0 Å². The lowest BCUT2D eigenvalue weighted by Crippen LogP contribution is -2.30. The molecule has 0 aliphatic carbocycles. The van der Waals surface area contributed by atoms with Gasteiger partial charge in [-0.05, 0) is 50.1 Å². The quantitative estimate of drug-likeness (QED) is 0.793. The first-order valence-electron chi connectivity index (χ1n) is 7.31. The summed E-state index contributed by atoms with van der Waals surface area (Å²) >= 11 is 0. The Kier molecular flexibility index (Phi) is 5.80. The largest absolute Gasteiger partial charge is 0.423 e. The molecule has 23 heavy (non-hydrogen) atoms. The highest BCUT2D eigenvalue weighted by Crippen LogP contribution is 2.18. The van der Waals surface area contributed by atoms with E-state index in [0.717, 1.165) is 25.8 Å². The van der Waals surface area contributed by atoms with Crippen molar-refractivity contribution in [2.24, 2.45) is 0 Å². The van der Waals surface area contributed by atoms with E-state index in [-0.39, 0.29) is 17.3 Å². The topological polar surface area (TPSA) is 88.4 Å². The molecule has 0 amide bonds. The lowest BCUT2D eigenvalue weighted by atomic mass is 10.2. The van der Waals surface area contributed by atoms with E-state index in [1.807, 2.05) is 0 Å². The fourth-order valence-corrected chi connectivity index (χ4v) is 3.75. The highest BCUT2D eigenvalue weighted by atomic mass is 35.5. The van der Waals surface area contributed by atoms with Gasteiger partial charge in [0.1, 0.15) is 5.58 Å². The summed E-state index contributed by atoms with van der Waals surface area (Å²) in [7, 11) is -3.55. The molecule has 0 radical (unpaired) electrons. The third-order valence-corrected chi connectivity index (χ3v) is 5.31. The van der Waals surface area contributed by atoms with Crippen LogP contribution in [0, 0.1) is 0 Å². The van der Waals surface area contributed by atoms with Crippen LogP contribution in [-0.4, -0.2) is 27.5 Å². The molecule has 2 aromatic rings.